The monoisotopic (exact) mass is 265 g/mol. The number of carboxylic acids is 2. The van der Waals surface area contributed by atoms with Gasteiger partial charge in [0.15, 0.2) is 0 Å². The number of hydrogen-bond acceptors (Lipinski definition) is 5. The van der Waals surface area contributed by atoms with E-state index in [2.05, 4.69) is 4.98 Å². The summed E-state index contributed by atoms with van der Waals surface area (Å²) in [6, 6.07) is 10.9. The van der Waals surface area contributed by atoms with E-state index in [1.54, 1.807) is 24.3 Å². The number of carbonyl (C=O) groups excluding carboxylic acids is 2. The van der Waals surface area contributed by atoms with Gasteiger partial charge >= 0.3 is 0 Å². The van der Waals surface area contributed by atoms with Crippen molar-refractivity contribution >= 4 is 33.7 Å². The number of para-hydroxylation sites is 2. The highest BCUT2D eigenvalue weighted by Crippen LogP contribution is 2.27. The molecule has 0 aliphatic rings. The Morgan fingerprint density at radius 2 is 1.55 bits per heavy atom. The van der Waals surface area contributed by atoms with Crippen LogP contribution in [-0.4, -0.2) is 16.9 Å². The number of nitrogens with zero attached hydrogens (tertiary/aromatic N) is 1. The summed E-state index contributed by atoms with van der Waals surface area (Å²) in [5, 5.41) is 23.2. The first-order chi connectivity index (χ1) is 9.59. The van der Waals surface area contributed by atoms with Crippen molar-refractivity contribution in [2.75, 3.05) is 0 Å². The van der Waals surface area contributed by atoms with Gasteiger partial charge in [-0.25, -0.2) is 4.98 Å². The van der Waals surface area contributed by atoms with Crippen LogP contribution in [0, 0.1) is 0 Å². The summed E-state index contributed by atoms with van der Waals surface area (Å²) in [5.41, 5.74) is 0.280. The van der Waals surface area contributed by atoms with E-state index in [1.165, 1.54) is 18.2 Å². The van der Waals surface area contributed by atoms with Gasteiger partial charge in [-0.2, -0.15) is 0 Å². The average molecular weight is 265 g/mol. The van der Waals surface area contributed by atoms with Crippen molar-refractivity contribution < 1.29 is 19.8 Å². The zero-order valence-electron chi connectivity index (χ0n) is 10.1. The van der Waals surface area contributed by atoms with Gasteiger partial charge in [0.2, 0.25) is 0 Å². The highest BCUT2D eigenvalue weighted by molar-refractivity contribution is 6.16. The van der Waals surface area contributed by atoms with Gasteiger partial charge in [0.1, 0.15) is 0 Å². The number of fused-ring (bicyclic) bond motifs is 2. The van der Waals surface area contributed by atoms with Crippen LogP contribution in [-0.2, 0) is 0 Å². The van der Waals surface area contributed by atoms with Gasteiger partial charge in [-0.05, 0) is 6.07 Å². The fraction of sp³-hybridized carbons (Fsp3) is 0. The largest absolute Gasteiger partial charge is 0.545 e. The van der Waals surface area contributed by atoms with Crippen molar-refractivity contribution in [2.45, 2.75) is 0 Å². The van der Waals surface area contributed by atoms with Crippen molar-refractivity contribution in [3.05, 3.63) is 53.6 Å². The summed E-state index contributed by atoms with van der Waals surface area (Å²) in [6.07, 6.45) is 0. The molecule has 1 heterocycles. The Balaban J connectivity index is 2.60. The van der Waals surface area contributed by atoms with Crippen molar-refractivity contribution in [3.63, 3.8) is 0 Å². The molecule has 0 unspecified atom stereocenters. The molecule has 20 heavy (non-hydrogen) atoms. The summed E-state index contributed by atoms with van der Waals surface area (Å²) in [4.78, 5) is 26.8. The number of carboxylic acid groups (broad SMARTS) is 2. The van der Waals surface area contributed by atoms with E-state index in [1.807, 2.05) is 0 Å². The molecule has 0 N–H and O–H groups in total. The molecule has 3 rings (SSSR count). The standard InChI is InChI=1S/C15H9NO4/c17-14(18)10-6-3-5-9-12(15(19)20)8-4-1-2-7-11(8)16-13(9)10/h1-7H,(H,17,18)(H,19,20)/p-2. The van der Waals surface area contributed by atoms with Gasteiger partial charge in [-0.3, -0.25) is 0 Å². The van der Waals surface area contributed by atoms with Crippen LogP contribution in [0.3, 0.4) is 0 Å². The molecule has 0 fully saturated rings. The van der Waals surface area contributed by atoms with Crippen LogP contribution in [0.5, 0.6) is 0 Å². The van der Waals surface area contributed by atoms with Crippen LogP contribution in [0.25, 0.3) is 21.8 Å². The summed E-state index contributed by atoms with van der Waals surface area (Å²) in [6.45, 7) is 0. The highest BCUT2D eigenvalue weighted by Gasteiger charge is 2.12. The second kappa shape index (κ2) is 4.31. The third-order valence-electron chi connectivity index (χ3n) is 3.14. The normalized spacial score (nSPS) is 10.8. The predicted octanol–water partition coefficient (Wildman–Crippen LogP) is 0.115. The Labute approximate surface area is 113 Å². The predicted molar refractivity (Wildman–Crippen MR) is 67.9 cm³/mol. The molecule has 0 saturated carbocycles. The molecule has 2 aromatic carbocycles. The molecule has 0 spiro atoms. The van der Waals surface area contributed by atoms with Crippen molar-refractivity contribution in [1.29, 1.82) is 0 Å². The third-order valence-corrected chi connectivity index (χ3v) is 3.14. The van der Waals surface area contributed by atoms with Gasteiger partial charge in [0.25, 0.3) is 0 Å². The maximum atomic E-state index is 11.4. The molecule has 0 atom stereocenters. The summed E-state index contributed by atoms with van der Waals surface area (Å²) in [5.74, 6) is -2.77. The zero-order valence-corrected chi connectivity index (χ0v) is 10.1. The fourth-order valence-corrected chi connectivity index (χ4v) is 2.30. The Bertz CT molecular complexity index is 870. The lowest BCUT2D eigenvalue weighted by Crippen LogP contribution is -2.25. The zero-order chi connectivity index (χ0) is 14.3. The number of benzene rings is 2. The van der Waals surface area contributed by atoms with E-state index in [-0.39, 0.29) is 22.0 Å². The summed E-state index contributed by atoms with van der Waals surface area (Å²) < 4.78 is 0. The lowest BCUT2D eigenvalue weighted by molar-refractivity contribution is -0.256. The number of aromatic carboxylic acids is 2. The minimum Gasteiger partial charge on any atom is -0.545 e. The molecule has 5 heteroatoms. The topological polar surface area (TPSA) is 93.2 Å². The molecule has 3 aromatic rings. The van der Waals surface area contributed by atoms with Crippen LogP contribution >= 0.6 is 0 Å². The molecular weight excluding hydrogens is 258 g/mol. The first kappa shape index (κ1) is 12.1. The van der Waals surface area contributed by atoms with Gasteiger partial charge in [-0.1, -0.05) is 36.4 Å². The molecular formula is C15H7NO4-2. The summed E-state index contributed by atoms with van der Waals surface area (Å²) >= 11 is 0. The van der Waals surface area contributed by atoms with Gasteiger partial charge in [0, 0.05) is 21.9 Å². The van der Waals surface area contributed by atoms with E-state index >= 15 is 0 Å². The molecule has 0 aliphatic heterocycles. The van der Waals surface area contributed by atoms with Crippen molar-refractivity contribution in [3.8, 4) is 0 Å². The minimum absolute atomic E-state index is 0.0614. The third kappa shape index (κ3) is 1.68. The SMILES string of the molecule is O=C([O-])c1c2ccccc2nc2c(C(=O)[O-])cccc12. The van der Waals surface area contributed by atoms with Crippen molar-refractivity contribution in [2.24, 2.45) is 0 Å². The maximum Gasteiger partial charge on any atom is 0.0806 e. The van der Waals surface area contributed by atoms with Crippen LogP contribution in [0.1, 0.15) is 20.7 Å². The van der Waals surface area contributed by atoms with Crippen LogP contribution in [0.2, 0.25) is 0 Å². The van der Waals surface area contributed by atoms with Gasteiger partial charge < -0.3 is 19.8 Å². The van der Waals surface area contributed by atoms with Gasteiger partial charge in [-0.15, -0.1) is 0 Å². The number of hydrogen-bond donors (Lipinski definition) is 0. The summed E-state index contributed by atoms with van der Waals surface area (Å²) in [7, 11) is 0. The molecule has 5 nitrogen and oxygen atoms in total. The Morgan fingerprint density at radius 1 is 0.850 bits per heavy atom. The smallest absolute Gasteiger partial charge is 0.0806 e. The van der Waals surface area contributed by atoms with Crippen LogP contribution < -0.4 is 10.2 Å². The Morgan fingerprint density at radius 3 is 2.25 bits per heavy atom. The van der Waals surface area contributed by atoms with Crippen LogP contribution in [0.4, 0.5) is 0 Å². The molecule has 0 bridgehead atoms. The first-order valence-electron chi connectivity index (χ1n) is 5.84. The second-order valence-electron chi connectivity index (χ2n) is 4.28. The molecule has 98 valence electrons. The van der Waals surface area contributed by atoms with E-state index in [9.17, 15) is 19.8 Å². The van der Waals surface area contributed by atoms with Gasteiger partial charge in [0.05, 0.1) is 23.0 Å². The first-order valence-corrected chi connectivity index (χ1v) is 5.84. The average Bonchev–Trinajstić information content (AvgIpc) is 2.43. The van der Waals surface area contributed by atoms with E-state index in [0.717, 1.165) is 0 Å². The lowest BCUT2D eigenvalue weighted by Gasteiger charge is -2.14. The Hall–Kier alpha value is -2.95. The maximum absolute atomic E-state index is 11.4. The van der Waals surface area contributed by atoms with E-state index in [4.69, 9.17) is 0 Å². The number of pyridine rings is 1. The molecule has 1 aromatic heterocycles. The molecule has 0 aliphatic carbocycles. The second-order valence-corrected chi connectivity index (χ2v) is 4.28. The molecule has 0 amide bonds. The van der Waals surface area contributed by atoms with Crippen LogP contribution in [0.15, 0.2) is 42.5 Å². The number of aromatic nitrogens is 1. The quantitative estimate of drug-likeness (QED) is 0.613. The Kier molecular flexibility index (Phi) is 2.61. The lowest BCUT2D eigenvalue weighted by atomic mass is 10.0. The van der Waals surface area contributed by atoms with E-state index in [0.29, 0.717) is 10.9 Å². The molecule has 0 saturated heterocycles. The van der Waals surface area contributed by atoms with E-state index < -0.39 is 11.9 Å². The minimum atomic E-state index is -1.40. The molecule has 0 radical (unpaired) electrons. The highest BCUT2D eigenvalue weighted by atomic mass is 16.4. The number of carbonyl (C=O) groups is 2. The van der Waals surface area contributed by atoms with Crippen molar-refractivity contribution in [1.82, 2.24) is 4.98 Å². The fourth-order valence-electron chi connectivity index (χ4n) is 2.30. The number of rotatable bonds is 2.